The van der Waals surface area contributed by atoms with Crippen LogP contribution in [0.4, 0.5) is 8.78 Å². The van der Waals surface area contributed by atoms with E-state index in [0.29, 0.717) is 5.56 Å². The standard InChI is InChI=1S/C15H21F2N/c1-15(2,3)18-8-4-5-11(10-18)13-7-6-12(16)9-14(13)17/h6-7,9,11H,4-5,8,10H2,1-3H3. The van der Waals surface area contributed by atoms with Crippen molar-refractivity contribution in [3.05, 3.63) is 35.4 Å². The number of piperidine rings is 1. The molecule has 2 rings (SSSR count). The molecule has 1 aromatic carbocycles. The van der Waals surface area contributed by atoms with Crippen molar-refractivity contribution in [3.63, 3.8) is 0 Å². The SMILES string of the molecule is CC(C)(C)N1CCCC(c2ccc(F)cc2F)C1. The second-order valence-electron chi connectivity index (χ2n) is 6.12. The molecular weight excluding hydrogens is 232 g/mol. The third-order valence-electron chi connectivity index (χ3n) is 3.77. The fourth-order valence-corrected chi connectivity index (χ4v) is 2.67. The number of hydrogen-bond acceptors (Lipinski definition) is 1. The van der Waals surface area contributed by atoms with Crippen molar-refractivity contribution in [2.75, 3.05) is 13.1 Å². The van der Waals surface area contributed by atoms with Gasteiger partial charge in [-0.15, -0.1) is 0 Å². The number of likely N-dealkylation sites (tertiary alicyclic amines) is 1. The highest BCUT2D eigenvalue weighted by Gasteiger charge is 2.29. The van der Waals surface area contributed by atoms with Crippen LogP contribution in [0.2, 0.25) is 0 Å². The average Bonchev–Trinajstić information content (AvgIpc) is 2.28. The molecule has 1 saturated heterocycles. The Bertz CT molecular complexity index is 423. The predicted molar refractivity (Wildman–Crippen MR) is 69.7 cm³/mol. The molecule has 1 aliphatic rings. The zero-order valence-corrected chi connectivity index (χ0v) is 11.3. The van der Waals surface area contributed by atoms with Gasteiger partial charge >= 0.3 is 0 Å². The summed E-state index contributed by atoms with van der Waals surface area (Å²) in [6, 6.07) is 3.95. The van der Waals surface area contributed by atoms with Crippen LogP contribution in [0.15, 0.2) is 18.2 Å². The molecule has 0 aliphatic carbocycles. The van der Waals surface area contributed by atoms with Crippen LogP contribution in [0, 0.1) is 11.6 Å². The van der Waals surface area contributed by atoms with E-state index in [-0.39, 0.29) is 11.5 Å². The van der Waals surface area contributed by atoms with E-state index < -0.39 is 11.6 Å². The van der Waals surface area contributed by atoms with E-state index >= 15 is 0 Å². The van der Waals surface area contributed by atoms with Crippen molar-refractivity contribution in [2.45, 2.75) is 45.1 Å². The third kappa shape index (κ3) is 2.89. The molecule has 1 aromatic rings. The minimum absolute atomic E-state index is 0.106. The normalized spacial score (nSPS) is 22.2. The Balaban J connectivity index is 2.18. The van der Waals surface area contributed by atoms with Gasteiger partial charge in [0.2, 0.25) is 0 Å². The minimum atomic E-state index is -0.500. The first-order valence-electron chi connectivity index (χ1n) is 6.58. The van der Waals surface area contributed by atoms with Gasteiger partial charge in [0.25, 0.3) is 0 Å². The first-order chi connectivity index (χ1) is 8.38. The molecule has 1 heterocycles. The fraction of sp³-hybridized carbons (Fsp3) is 0.600. The van der Waals surface area contributed by atoms with E-state index in [2.05, 4.69) is 25.7 Å². The van der Waals surface area contributed by atoms with Crippen molar-refractivity contribution in [1.29, 1.82) is 0 Å². The second kappa shape index (κ2) is 4.96. The minimum Gasteiger partial charge on any atom is -0.298 e. The average molecular weight is 253 g/mol. The van der Waals surface area contributed by atoms with Crippen molar-refractivity contribution >= 4 is 0 Å². The lowest BCUT2D eigenvalue weighted by Crippen LogP contribution is -2.46. The molecule has 0 bridgehead atoms. The molecule has 1 atom stereocenters. The number of nitrogens with zero attached hydrogens (tertiary/aromatic N) is 1. The Morgan fingerprint density at radius 3 is 2.56 bits per heavy atom. The van der Waals surface area contributed by atoms with Crippen LogP contribution in [0.1, 0.15) is 45.1 Å². The quantitative estimate of drug-likeness (QED) is 0.732. The van der Waals surface area contributed by atoms with Crippen LogP contribution in [0.25, 0.3) is 0 Å². The maximum Gasteiger partial charge on any atom is 0.129 e. The smallest absolute Gasteiger partial charge is 0.129 e. The van der Waals surface area contributed by atoms with E-state index in [4.69, 9.17) is 0 Å². The molecule has 1 nitrogen and oxygen atoms in total. The lowest BCUT2D eigenvalue weighted by molar-refractivity contribution is 0.0978. The van der Waals surface area contributed by atoms with Gasteiger partial charge in [-0.25, -0.2) is 8.78 Å². The molecule has 1 fully saturated rings. The summed E-state index contributed by atoms with van der Waals surface area (Å²) in [5, 5.41) is 0. The Morgan fingerprint density at radius 1 is 1.22 bits per heavy atom. The number of benzene rings is 1. The molecule has 0 radical (unpaired) electrons. The lowest BCUT2D eigenvalue weighted by atomic mass is 9.88. The van der Waals surface area contributed by atoms with E-state index in [0.717, 1.165) is 32.0 Å². The molecule has 3 heteroatoms. The van der Waals surface area contributed by atoms with Crippen molar-refractivity contribution in [1.82, 2.24) is 4.90 Å². The predicted octanol–water partition coefficient (Wildman–Crippen LogP) is 3.94. The van der Waals surface area contributed by atoms with Gasteiger partial charge in [0.1, 0.15) is 11.6 Å². The highest BCUT2D eigenvalue weighted by molar-refractivity contribution is 5.23. The van der Waals surface area contributed by atoms with Crippen molar-refractivity contribution in [2.24, 2.45) is 0 Å². The number of halogens is 2. The van der Waals surface area contributed by atoms with Crippen LogP contribution in [-0.2, 0) is 0 Å². The molecule has 0 amide bonds. The monoisotopic (exact) mass is 253 g/mol. The summed E-state index contributed by atoms with van der Waals surface area (Å²) < 4.78 is 26.7. The molecule has 1 aliphatic heterocycles. The Labute approximate surface area is 108 Å². The van der Waals surface area contributed by atoms with Crippen LogP contribution in [0.5, 0.6) is 0 Å². The number of rotatable bonds is 1. The summed E-state index contributed by atoms with van der Waals surface area (Å²) in [6.07, 6.45) is 2.05. The topological polar surface area (TPSA) is 3.24 Å². The summed E-state index contributed by atoms with van der Waals surface area (Å²) in [5.41, 5.74) is 0.764. The first kappa shape index (κ1) is 13.5. The first-order valence-corrected chi connectivity index (χ1v) is 6.58. The van der Waals surface area contributed by atoms with Crippen LogP contribution >= 0.6 is 0 Å². The molecule has 18 heavy (non-hydrogen) atoms. The van der Waals surface area contributed by atoms with Gasteiger partial charge in [-0.3, -0.25) is 4.90 Å². The second-order valence-corrected chi connectivity index (χ2v) is 6.12. The molecule has 0 saturated carbocycles. The maximum atomic E-state index is 13.8. The molecular formula is C15H21F2N. The summed E-state index contributed by atoms with van der Waals surface area (Å²) in [6.45, 7) is 8.44. The van der Waals surface area contributed by atoms with Gasteiger partial charge in [0, 0.05) is 18.2 Å². The molecule has 100 valence electrons. The van der Waals surface area contributed by atoms with E-state index in [1.54, 1.807) is 6.07 Å². The van der Waals surface area contributed by atoms with Gasteiger partial charge < -0.3 is 0 Å². The van der Waals surface area contributed by atoms with Gasteiger partial charge in [-0.2, -0.15) is 0 Å². The Kier molecular flexibility index (Phi) is 3.71. The zero-order valence-electron chi connectivity index (χ0n) is 11.3. The Morgan fingerprint density at radius 2 is 1.94 bits per heavy atom. The number of hydrogen-bond donors (Lipinski definition) is 0. The van der Waals surface area contributed by atoms with Gasteiger partial charge in [-0.05, 0) is 57.7 Å². The van der Waals surface area contributed by atoms with E-state index in [9.17, 15) is 8.78 Å². The lowest BCUT2D eigenvalue weighted by Gasteiger charge is -2.41. The van der Waals surface area contributed by atoms with Crippen LogP contribution in [0.3, 0.4) is 0 Å². The molecule has 0 N–H and O–H groups in total. The molecule has 0 spiro atoms. The van der Waals surface area contributed by atoms with Crippen molar-refractivity contribution < 1.29 is 8.78 Å². The third-order valence-corrected chi connectivity index (χ3v) is 3.77. The maximum absolute atomic E-state index is 13.8. The highest BCUT2D eigenvalue weighted by atomic mass is 19.1. The van der Waals surface area contributed by atoms with Gasteiger partial charge in [-0.1, -0.05) is 6.07 Å². The van der Waals surface area contributed by atoms with Gasteiger partial charge in [0.15, 0.2) is 0 Å². The Hall–Kier alpha value is -0.960. The van der Waals surface area contributed by atoms with Gasteiger partial charge in [0.05, 0.1) is 0 Å². The molecule has 0 aromatic heterocycles. The summed E-state index contributed by atoms with van der Waals surface area (Å²) in [4.78, 5) is 2.38. The van der Waals surface area contributed by atoms with Crippen LogP contribution < -0.4 is 0 Å². The molecule has 1 unspecified atom stereocenters. The zero-order chi connectivity index (χ0) is 13.3. The van der Waals surface area contributed by atoms with E-state index in [1.807, 2.05) is 0 Å². The summed E-state index contributed by atoms with van der Waals surface area (Å²) in [5.74, 6) is -0.728. The summed E-state index contributed by atoms with van der Waals surface area (Å²) >= 11 is 0. The fourth-order valence-electron chi connectivity index (χ4n) is 2.67. The highest BCUT2D eigenvalue weighted by Crippen LogP contribution is 2.32. The van der Waals surface area contributed by atoms with E-state index in [1.165, 1.54) is 6.07 Å². The van der Waals surface area contributed by atoms with Crippen LogP contribution in [-0.4, -0.2) is 23.5 Å². The largest absolute Gasteiger partial charge is 0.298 e. The summed E-state index contributed by atoms with van der Waals surface area (Å²) in [7, 11) is 0. The van der Waals surface area contributed by atoms with Crippen molar-refractivity contribution in [3.8, 4) is 0 Å².